The Bertz CT molecular complexity index is 1220. The SMILES string of the molecule is CC(C=O)C1CCC2C(=CC3C4=C(CS3(=O)=O)C(O[Si](C)(C)C(C)(C)C)CC(O[Si](C)(C)C(C)(C)C)C4)CCCC21C. The van der Waals surface area contributed by atoms with Gasteiger partial charge in [0.25, 0.3) is 0 Å². The number of sulfone groups is 1. The van der Waals surface area contributed by atoms with Crippen LogP contribution in [-0.2, 0) is 23.5 Å². The fourth-order valence-corrected chi connectivity index (χ4v) is 12.7. The lowest BCUT2D eigenvalue weighted by Crippen LogP contribution is -2.49. The summed E-state index contributed by atoms with van der Waals surface area (Å²) in [5.41, 5.74) is 3.47. The largest absolute Gasteiger partial charge is 0.414 e. The summed E-state index contributed by atoms with van der Waals surface area (Å²) in [6.07, 6.45) is 9.73. The van der Waals surface area contributed by atoms with Crippen LogP contribution in [-0.4, -0.2) is 54.5 Å². The second-order valence-corrected chi connectivity index (χ2v) is 29.1. The molecule has 0 saturated heterocycles. The predicted octanol–water partition coefficient (Wildman–Crippen LogP) is 8.63. The van der Waals surface area contributed by atoms with Gasteiger partial charge < -0.3 is 13.6 Å². The van der Waals surface area contributed by atoms with Crippen molar-refractivity contribution in [1.29, 1.82) is 0 Å². The highest BCUT2D eigenvalue weighted by molar-refractivity contribution is 7.92. The Morgan fingerprint density at radius 1 is 0.952 bits per heavy atom. The smallest absolute Gasteiger partial charge is 0.192 e. The van der Waals surface area contributed by atoms with Gasteiger partial charge in [-0.25, -0.2) is 8.42 Å². The van der Waals surface area contributed by atoms with E-state index in [1.165, 1.54) is 5.57 Å². The third kappa shape index (κ3) is 6.27. The molecule has 8 heteroatoms. The Hall–Kier alpha value is -0.546. The molecule has 0 amide bonds. The van der Waals surface area contributed by atoms with Crippen LogP contribution in [0.4, 0.5) is 0 Å². The molecule has 5 nitrogen and oxygen atoms in total. The average Bonchev–Trinajstić information content (AvgIpc) is 3.31. The number of hydrogen-bond donors (Lipinski definition) is 0. The third-order valence-corrected chi connectivity index (χ3v) is 23.5. The number of allylic oxidation sites excluding steroid dienone is 1. The van der Waals surface area contributed by atoms with Crippen molar-refractivity contribution in [3.8, 4) is 0 Å². The highest BCUT2D eigenvalue weighted by Crippen LogP contribution is 2.59. The molecule has 0 radical (unpaired) electrons. The minimum absolute atomic E-state index is 0.0318. The highest BCUT2D eigenvalue weighted by Gasteiger charge is 2.53. The van der Waals surface area contributed by atoms with E-state index >= 15 is 0 Å². The Morgan fingerprint density at radius 3 is 2.12 bits per heavy atom. The molecular formula is C34H60O5SSi2. The first-order valence-electron chi connectivity index (χ1n) is 16.5. The van der Waals surface area contributed by atoms with Crippen molar-refractivity contribution in [3.63, 3.8) is 0 Å². The van der Waals surface area contributed by atoms with Crippen LogP contribution in [0, 0.1) is 23.2 Å². The first kappa shape index (κ1) is 34.3. The van der Waals surface area contributed by atoms with Crippen molar-refractivity contribution in [3.05, 3.63) is 22.8 Å². The zero-order chi connectivity index (χ0) is 31.7. The van der Waals surface area contributed by atoms with Gasteiger partial charge in [0.1, 0.15) is 11.5 Å². The summed E-state index contributed by atoms with van der Waals surface area (Å²) in [5, 5.41) is -0.474. The molecule has 3 aliphatic carbocycles. The predicted molar refractivity (Wildman–Crippen MR) is 179 cm³/mol. The van der Waals surface area contributed by atoms with Crippen molar-refractivity contribution in [2.75, 3.05) is 5.75 Å². The Balaban J connectivity index is 1.75. The van der Waals surface area contributed by atoms with Crippen LogP contribution in [0.5, 0.6) is 0 Å². The topological polar surface area (TPSA) is 69.7 Å². The first-order valence-corrected chi connectivity index (χ1v) is 24.0. The van der Waals surface area contributed by atoms with E-state index in [1.807, 2.05) is 0 Å². The summed E-state index contributed by atoms with van der Waals surface area (Å²) in [4.78, 5) is 11.8. The number of fused-ring (bicyclic) bond motifs is 1. The summed E-state index contributed by atoms with van der Waals surface area (Å²) in [7, 11) is -7.61. The molecule has 42 heavy (non-hydrogen) atoms. The highest BCUT2D eigenvalue weighted by atomic mass is 32.2. The molecule has 0 bridgehead atoms. The van der Waals surface area contributed by atoms with Crippen molar-refractivity contribution in [2.24, 2.45) is 23.2 Å². The summed E-state index contributed by atoms with van der Waals surface area (Å²) in [5.74, 6) is 0.887. The molecule has 1 heterocycles. The maximum Gasteiger partial charge on any atom is 0.192 e. The molecule has 240 valence electrons. The van der Waals surface area contributed by atoms with E-state index in [9.17, 15) is 13.2 Å². The van der Waals surface area contributed by atoms with Crippen LogP contribution in [0.15, 0.2) is 22.8 Å². The zero-order valence-corrected chi connectivity index (χ0v) is 31.5. The second kappa shape index (κ2) is 11.4. The molecule has 2 fully saturated rings. The molecule has 4 aliphatic rings. The van der Waals surface area contributed by atoms with Crippen LogP contribution < -0.4 is 0 Å². The van der Waals surface area contributed by atoms with Crippen molar-refractivity contribution in [2.45, 2.75) is 154 Å². The van der Waals surface area contributed by atoms with Gasteiger partial charge in [0, 0.05) is 12.3 Å². The quantitative estimate of drug-likeness (QED) is 0.159. The number of carbonyl (C=O) groups is 1. The monoisotopic (exact) mass is 636 g/mol. The van der Waals surface area contributed by atoms with Gasteiger partial charge in [0.15, 0.2) is 26.5 Å². The minimum Gasteiger partial charge on any atom is -0.414 e. The second-order valence-electron chi connectivity index (χ2n) is 17.4. The molecule has 7 atom stereocenters. The van der Waals surface area contributed by atoms with Crippen LogP contribution in [0.2, 0.25) is 36.3 Å². The Kier molecular flexibility index (Phi) is 9.28. The van der Waals surface area contributed by atoms with Gasteiger partial charge in [-0.1, -0.05) is 67.0 Å². The third-order valence-electron chi connectivity index (χ3n) is 12.6. The van der Waals surface area contributed by atoms with Gasteiger partial charge in [-0.05, 0) is 103 Å². The van der Waals surface area contributed by atoms with Crippen molar-refractivity contribution in [1.82, 2.24) is 0 Å². The lowest BCUT2D eigenvalue weighted by molar-refractivity contribution is -0.113. The Morgan fingerprint density at radius 2 is 1.55 bits per heavy atom. The average molecular weight is 637 g/mol. The lowest BCUT2D eigenvalue weighted by atomic mass is 9.61. The Labute approximate surface area is 259 Å². The summed E-state index contributed by atoms with van der Waals surface area (Å²) < 4.78 is 42.2. The minimum atomic E-state index is -3.39. The molecule has 0 aromatic rings. The number of aldehydes is 1. The van der Waals surface area contributed by atoms with Crippen LogP contribution in [0.1, 0.15) is 100 Å². The van der Waals surface area contributed by atoms with Crippen LogP contribution in [0.3, 0.4) is 0 Å². The van der Waals surface area contributed by atoms with Crippen molar-refractivity contribution < 1.29 is 22.1 Å². The van der Waals surface area contributed by atoms with Gasteiger partial charge in [0.2, 0.25) is 0 Å². The van der Waals surface area contributed by atoms with Gasteiger partial charge in [-0.2, -0.15) is 0 Å². The zero-order valence-electron chi connectivity index (χ0n) is 28.7. The maximum absolute atomic E-state index is 14.0. The fourth-order valence-electron chi connectivity index (χ4n) is 8.03. The van der Waals surface area contributed by atoms with Gasteiger partial charge in [-0.15, -0.1) is 0 Å². The van der Waals surface area contributed by atoms with Crippen LogP contribution >= 0.6 is 0 Å². The normalized spacial score (nSPS) is 35.7. The standard InChI is InChI=1S/C34H60O5SSi2/c1-23(21-35)28-15-16-29-24(14-13-17-34(28,29)8)18-31-26-19-25(38-41(9,10)32(2,3)4)20-30(27(26)22-40(31,36)37)39-42(11,12)33(5,6)7/h18,21,23,25,28-31H,13-17,19-20,22H2,1-12H3. The molecule has 1 aliphatic heterocycles. The molecule has 0 aromatic heterocycles. The first-order chi connectivity index (χ1) is 19.0. The molecule has 2 saturated carbocycles. The number of hydrogen-bond acceptors (Lipinski definition) is 5. The summed E-state index contributed by atoms with van der Waals surface area (Å²) in [6.45, 7) is 27.1. The van der Waals surface area contributed by atoms with Crippen LogP contribution in [0.25, 0.3) is 0 Å². The molecule has 4 rings (SSSR count). The lowest BCUT2D eigenvalue weighted by Gasteiger charge is -2.45. The molecule has 0 N–H and O–H groups in total. The van der Waals surface area contributed by atoms with Gasteiger partial charge in [0.05, 0.1) is 18.0 Å². The molecular weight excluding hydrogens is 577 g/mol. The summed E-state index contributed by atoms with van der Waals surface area (Å²) in [6, 6.07) is 0. The summed E-state index contributed by atoms with van der Waals surface area (Å²) >= 11 is 0. The van der Waals surface area contributed by atoms with E-state index in [1.54, 1.807) is 0 Å². The van der Waals surface area contributed by atoms with E-state index in [2.05, 4.69) is 87.7 Å². The fraction of sp³-hybridized carbons (Fsp3) is 0.853. The van der Waals surface area contributed by atoms with E-state index in [0.29, 0.717) is 18.3 Å². The number of carbonyl (C=O) groups excluding carboxylic acids is 1. The molecule has 0 spiro atoms. The van der Waals surface area contributed by atoms with Gasteiger partial charge >= 0.3 is 0 Å². The van der Waals surface area contributed by atoms with E-state index in [-0.39, 0.29) is 39.4 Å². The maximum atomic E-state index is 14.0. The molecule has 0 aromatic carbocycles. The molecule has 7 unspecified atom stereocenters. The van der Waals surface area contributed by atoms with Crippen molar-refractivity contribution >= 4 is 32.8 Å². The number of rotatable bonds is 7. The van der Waals surface area contributed by atoms with Gasteiger partial charge in [-0.3, -0.25) is 0 Å². The van der Waals surface area contributed by atoms with E-state index < -0.39 is 31.7 Å². The van der Waals surface area contributed by atoms with E-state index in [4.69, 9.17) is 8.85 Å². The van der Waals surface area contributed by atoms with E-state index in [0.717, 1.165) is 56.0 Å².